The average Bonchev–Trinajstić information content (AvgIpc) is 1.98. The van der Waals surface area contributed by atoms with Crippen molar-refractivity contribution in [1.82, 2.24) is 0 Å². The molecule has 1 radical (unpaired) electrons. The van der Waals surface area contributed by atoms with Crippen LogP contribution in [-0.4, -0.2) is 28.8 Å². The van der Waals surface area contributed by atoms with Crippen molar-refractivity contribution in [2.24, 2.45) is 0 Å². The minimum atomic E-state index is 0.0925. The molecule has 0 saturated heterocycles. The summed E-state index contributed by atoms with van der Waals surface area (Å²) < 4.78 is 0. The van der Waals surface area contributed by atoms with Crippen LogP contribution in [0.1, 0.15) is 13.8 Å². The van der Waals surface area contributed by atoms with Gasteiger partial charge in [-0.2, -0.15) is 11.8 Å². The molecule has 3 heteroatoms. The van der Waals surface area contributed by atoms with E-state index in [1.807, 2.05) is 6.29 Å². The minimum Gasteiger partial charge on any atom is -0.290 e. The number of rotatable bonds is 6. The third-order valence-electron chi connectivity index (χ3n) is 0.973. The Balaban J connectivity index is 3.29. The van der Waals surface area contributed by atoms with Gasteiger partial charge in [-0.25, -0.2) is 0 Å². The van der Waals surface area contributed by atoms with Crippen LogP contribution < -0.4 is 0 Å². The van der Waals surface area contributed by atoms with Gasteiger partial charge < -0.3 is 0 Å². The zero-order chi connectivity index (χ0) is 7.82. The molecule has 1 atom stereocenters. The molecule has 0 amide bonds. The van der Waals surface area contributed by atoms with Crippen LogP contribution in [0.15, 0.2) is 0 Å². The second kappa shape index (κ2) is 7.48. The molecule has 0 aliphatic rings. The number of hydrogen-bond acceptors (Lipinski definition) is 3. The summed E-state index contributed by atoms with van der Waals surface area (Å²) in [7, 11) is 0. The van der Waals surface area contributed by atoms with Gasteiger partial charge in [0.15, 0.2) is 0 Å². The molecule has 0 aromatic carbocycles. The SMILES string of the molecule is CCSCC([C]=O)SCC. The Bertz CT molecular complexity index is 85.7. The smallest absolute Gasteiger partial charge is 0.213 e. The summed E-state index contributed by atoms with van der Waals surface area (Å²) in [4.78, 5) is 10.2. The van der Waals surface area contributed by atoms with E-state index in [1.165, 1.54) is 0 Å². The van der Waals surface area contributed by atoms with E-state index < -0.39 is 0 Å². The van der Waals surface area contributed by atoms with Crippen molar-refractivity contribution in [1.29, 1.82) is 0 Å². The first-order chi connectivity index (χ1) is 4.85. The van der Waals surface area contributed by atoms with Gasteiger partial charge in [0.05, 0.1) is 5.25 Å². The van der Waals surface area contributed by atoms with E-state index >= 15 is 0 Å². The van der Waals surface area contributed by atoms with Crippen molar-refractivity contribution in [2.45, 2.75) is 19.1 Å². The highest BCUT2D eigenvalue weighted by Gasteiger charge is 2.05. The molecular weight excluding hydrogens is 164 g/mol. The molecule has 0 aliphatic heterocycles. The van der Waals surface area contributed by atoms with Crippen LogP contribution >= 0.6 is 23.5 Å². The molecule has 0 rings (SSSR count). The molecule has 0 saturated carbocycles. The number of carbonyl (C=O) groups excluding carboxylic acids is 1. The van der Waals surface area contributed by atoms with Gasteiger partial charge in [-0.15, -0.1) is 11.8 Å². The lowest BCUT2D eigenvalue weighted by Gasteiger charge is -2.04. The Kier molecular flexibility index (Phi) is 7.75. The molecule has 0 fully saturated rings. The van der Waals surface area contributed by atoms with Crippen LogP contribution in [-0.2, 0) is 4.79 Å². The van der Waals surface area contributed by atoms with E-state index in [0.717, 1.165) is 17.3 Å². The van der Waals surface area contributed by atoms with Crippen molar-refractivity contribution < 1.29 is 4.79 Å². The fraction of sp³-hybridized carbons (Fsp3) is 0.857. The van der Waals surface area contributed by atoms with Gasteiger partial charge in [0.25, 0.3) is 0 Å². The predicted molar refractivity (Wildman–Crippen MR) is 50.6 cm³/mol. The molecule has 0 heterocycles. The molecule has 0 spiro atoms. The van der Waals surface area contributed by atoms with Gasteiger partial charge in [0.1, 0.15) is 0 Å². The molecule has 0 bridgehead atoms. The largest absolute Gasteiger partial charge is 0.290 e. The normalized spacial score (nSPS) is 13.0. The molecule has 59 valence electrons. The van der Waals surface area contributed by atoms with Crippen LogP contribution in [0.2, 0.25) is 0 Å². The van der Waals surface area contributed by atoms with E-state index in [1.54, 1.807) is 23.5 Å². The highest BCUT2D eigenvalue weighted by molar-refractivity contribution is 8.03. The summed E-state index contributed by atoms with van der Waals surface area (Å²) in [6.45, 7) is 4.16. The molecule has 10 heavy (non-hydrogen) atoms. The van der Waals surface area contributed by atoms with Gasteiger partial charge in [-0.05, 0) is 11.5 Å². The lowest BCUT2D eigenvalue weighted by atomic mass is 10.5. The summed E-state index contributed by atoms with van der Waals surface area (Å²) in [5, 5.41) is 0.0925. The molecule has 1 unspecified atom stereocenters. The maximum absolute atomic E-state index is 10.2. The van der Waals surface area contributed by atoms with Crippen LogP contribution in [0.5, 0.6) is 0 Å². The standard InChI is InChI=1S/C7H13OS2/c1-3-9-6-7(5-8)10-4-2/h7H,3-4,6H2,1-2H3. The summed E-state index contributed by atoms with van der Waals surface area (Å²) in [6.07, 6.45) is 2.03. The summed E-state index contributed by atoms with van der Waals surface area (Å²) in [5.74, 6) is 3.01. The van der Waals surface area contributed by atoms with Crippen LogP contribution in [0, 0.1) is 0 Å². The summed E-state index contributed by atoms with van der Waals surface area (Å²) >= 11 is 3.47. The van der Waals surface area contributed by atoms with Crippen LogP contribution in [0.25, 0.3) is 0 Å². The lowest BCUT2D eigenvalue weighted by molar-refractivity contribution is 0.555. The highest BCUT2D eigenvalue weighted by Crippen LogP contribution is 2.13. The van der Waals surface area contributed by atoms with Crippen LogP contribution in [0.4, 0.5) is 0 Å². The van der Waals surface area contributed by atoms with E-state index in [-0.39, 0.29) is 5.25 Å². The zero-order valence-corrected chi connectivity index (χ0v) is 8.06. The maximum Gasteiger partial charge on any atom is 0.213 e. The first-order valence-corrected chi connectivity index (χ1v) is 5.62. The Morgan fingerprint density at radius 3 is 2.50 bits per heavy atom. The topological polar surface area (TPSA) is 17.1 Å². The second-order valence-corrected chi connectivity index (χ2v) is 4.52. The molecule has 0 N–H and O–H groups in total. The van der Waals surface area contributed by atoms with E-state index in [2.05, 4.69) is 13.8 Å². The van der Waals surface area contributed by atoms with E-state index in [4.69, 9.17) is 0 Å². The molecule has 1 nitrogen and oxygen atoms in total. The third kappa shape index (κ3) is 5.18. The van der Waals surface area contributed by atoms with Crippen molar-refractivity contribution in [3.8, 4) is 0 Å². The second-order valence-electron chi connectivity index (χ2n) is 1.72. The van der Waals surface area contributed by atoms with Crippen molar-refractivity contribution in [3.05, 3.63) is 0 Å². The number of thioether (sulfide) groups is 2. The molecule has 0 aliphatic carbocycles. The number of hydrogen-bond donors (Lipinski definition) is 0. The first-order valence-electron chi connectivity index (χ1n) is 3.42. The third-order valence-corrected chi connectivity index (χ3v) is 3.16. The predicted octanol–water partition coefficient (Wildman–Crippen LogP) is 1.97. The highest BCUT2D eigenvalue weighted by atomic mass is 32.2. The van der Waals surface area contributed by atoms with Gasteiger partial charge in [-0.1, -0.05) is 13.8 Å². The van der Waals surface area contributed by atoms with Crippen molar-refractivity contribution in [3.63, 3.8) is 0 Å². The van der Waals surface area contributed by atoms with Crippen LogP contribution in [0.3, 0.4) is 0 Å². The molecule has 0 aromatic rings. The first kappa shape index (κ1) is 10.4. The van der Waals surface area contributed by atoms with Gasteiger partial charge in [0, 0.05) is 5.75 Å². The average molecular weight is 177 g/mol. The van der Waals surface area contributed by atoms with Gasteiger partial charge in [-0.3, -0.25) is 4.79 Å². The Morgan fingerprint density at radius 1 is 1.40 bits per heavy atom. The lowest BCUT2D eigenvalue weighted by Crippen LogP contribution is -2.07. The van der Waals surface area contributed by atoms with E-state index in [0.29, 0.717) is 0 Å². The molecule has 0 aromatic heterocycles. The minimum absolute atomic E-state index is 0.0925. The zero-order valence-electron chi connectivity index (χ0n) is 6.42. The fourth-order valence-corrected chi connectivity index (χ4v) is 2.20. The quantitative estimate of drug-likeness (QED) is 0.617. The van der Waals surface area contributed by atoms with Crippen molar-refractivity contribution in [2.75, 3.05) is 17.3 Å². The van der Waals surface area contributed by atoms with Gasteiger partial charge >= 0.3 is 0 Å². The Labute approximate surface area is 71.3 Å². The summed E-state index contributed by atoms with van der Waals surface area (Å²) in [5.41, 5.74) is 0. The van der Waals surface area contributed by atoms with Crippen molar-refractivity contribution >= 4 is 29.8 Å². The van der Waals surface area contributed by atoms with E-state index in [9.17, 15) is 4.79 Å². The van der Waals surface area contributed by atoms with Gasteiger partial charge in [0.2, 0.25) is 6.29 Å². The Morgan fingerprint density at radius 2 is 2.10 bits per heavy atom. The summed E-state index contributed by atoms with van der Waals surface area (Å²) in [6, 6.07) is 0. The molecular formula is C7H13OS2. The maximum atomic E-state index is 10.2. The monoisotopic (exact) mass is 177 g/mol. The Hall–Kier alpha value is 0.370. The fourth-order valence-electron chi connectivity index (χ4n) is 0.542.